The summed E-state index contributed by atoms with van der Waals surface area (Å²) in [5, 5.41) is 10.3. The lowest BCUT2D eigenvalue weighted by Crippen LogP contribution is -2.19. The number of aryl methyl sites for hydroxylation is 1. The van der Waals surface area contributed by atoms with E-state index in [1.807, 2.05) is 51.5 Å². The van der Waals surface area contributed by atoms with Crippen LogP contribution >= 0.6 is 0 Å². The number of hydrogen-bond donors (Lipinski definition) is 2. The van der Waals surface area contributed by atoms with Gasteiger partial charge in [-0.15, -0.1) is 0 Å². The van der Waals surface area contributed by atoms with Crippen molar-refractivity contribution in [3.8, 4) is 5.75 Å². The van der Waals surface area contributed by atoms with E-state index in [0.29, 0.717) is 6.61 Å². The minimum absolute atomic E-state index is 0.702. The monoisotopic (exact) mass is 274 g/mol. The minimum atomic E-state index is 0.702. The molecule has 0 aliphatic carbocycles. The highest BCUT2D eigenvalue weighted by Crippen LogP contribution is 2.16. The second-order valence-corrected chi connectivity index (χ2v) is 5.05. The average Bonchev–Trinajstić information content (AvgIpc) is 2.83. The van der Waals surface area contributed by atoms with E-state index in [4.69, 9.17) is 4.74 Å². The highest BCUT2D eigenvalue weighted by atomic mass is 16.5. The smallest absolute Gasteiger partial charge is 0.119 e. The quantitative estimate of drug-likeness (QED) is 0.813. The van der Waals surface area contributed by atoms with Crippen LogP contribution in [0.5, 0.6) is 5.75 Å². The van der Waals surface area contributed by atoms with Gasteiger partial charge in [-0.05, 0) is 45.3 Å². The predicted octanol–water partition coefficient (Wildman–Crippen LogP) is 2.27. The molecular formula is C15H22N4O. The fraction of sp³-hybridized carbons (Fsp3) is 0.400. The molecule has 0 aliphatic rings. The molecule has 2 N–H and O–H groups in total. The van der Waals surface area contributed by atoms with Gasteiger partial charge in [0.2, 0.25) is 0 Å². The third-order valence-electron chi connectivity index (χ3n) is 3.08. The predicted molar refractivity (Wildman–Crippen MR) is 81.1 cm³/mol. The zero-order chi connectivity index (χ0) is 14.4. The summed E-state index contributed by atoms with van der Waals surface area (Å²) in [6, 6.07) is 8.03. The lowest BCUT2D eigenvalue weighted by Gasteiger charge is -2.11. The first-order valence-corrected chi connectivity index (χ1v) is 6.75. The van der Waals surface area contributed by atoms with Gasteiger partial charge in [-0.2, -0.15) is 5.10 Å². The topological polar surface area (TPSA) is 53.2 Å². The summed E-state index contributed by atoms with van der Waals surface area (Å²) in [7, 11) is 4.07. The van der Waals surface area contributed by atoms with Crippen LogP contribution in [0.2, 0.25) is 0 Å². The van der Waals surface area contributed by atoms with Crippen LogP contribution in [-0.4, -0.2) is 42.3 Å². The number of hydrogen-bond acceptors (Lipinski definition) is 4. The Morgan fingerprint density at radius 1 is 1.25 bits per heavy atom. The van der Waals surface area contributed by atoms with Crippen LogP contribution in [0.3, 0.4) is 0 Å². The molecule has 0 bridgehead atoms. The summed E-state index contributed by atoms with van der Waals surface area (Å²) in [6.45, 7) is 4.41. The first-order chi connectivity index (χ1) is 9.65. The van der Waals surface area contributed by atoms with Crippen LogP contribution in [0.15, 0.2) is 30.5 Å². The second-order valence-electron chi connectivity index (χ2n) is 5.05. The van der Waals surface area contributed by atoms with Gasteiger partial charge in [-0.1, -0.05) is 0 Å². The summed E-state index contributed by atoms with van der Waals surface area (Å²) in [4.78, 5) is 2.10. The van der Waals surface area contributed by atoms with Crippen LogP contribution in [0, 0.1) is 6.92 Å². The Morgan fingerprint density at radius 3 is 2.60 bits per heavy atom. The zero-order valence-corrected chi connectivity index (χ0v) is 12.3. The largest absolute Gasteiger partial charge is 0.492 e. The van der Waals surface area contributed by atoms with Crippen LogP contribution in [0.1, 0.15) is 11.3 Å². The maximum absolute atomic E-state index is 5.66. The van der Waals surface area contributed by atoms with E-state index in [0.717, 1.165) is 30.2 Å². The summed E-state index contributed by atoms with van der Waals surface area (Å²) >= 11 is 0. The minimum Gasteiger partial charge on any atom is -0.492 e. The number of benzene rings is 1. The average molecular weight is 274 g/mol. The molecule has 108 valence electrons. The van der Waals surface area contributed by atoms with Crippen LogP contribution in [0.25, 0.3) is 0 Å². The Hall–Kier alpha value is -2.01. The molecule has 0 atom stereocenters. The molecule has 0 saturated carbocycles. The number of rotatable bonds is 7. The third kappa shape index (κ3) is 4.28. The van der Waals surface area contributed by atoms with Crippen molar-refractivity contribution in [3.63, 3.8) is 0 Å². The Labute approximate surface area is 119 Å². The van der Waals surface area contributed by atoms with Crippen molar-refractivity contribution >= 4 is 5.69 Å². The van der Waals surface area contributed by atoms with Gasteiger partial charge >= 0.3 is 0 Å². The van der Waals surface area contributed by atoms with Crippen LogP contribution in [-0.2, 0) is 6.54 Å². The second kappa shape index (κ2) is 6.96. The highest BCUT2D eigenvalue weighted by molar-refractivity contribution is 5.46. The van der Waals surface area contributed by atoms with E-state index in [9.17, 15) is 0 Å². The van der Waals surface area contributed by atoms with E-state index in [2.05, 4.69) is 20.4 Å². The Bertz CT molecular complexity index is 519. The SMILES string of the molecule is Cc1[nH]ncc1CNc1ccc(OCCN(C)C)cc1. The summed E-state index contributed by atoms with van der Waals surface area (Å²) in [5.41, 5.74) is 3.35. The molecule has 0 radical (unpaired) electrons. The summed E-state index contributed by atoms with van der Waals surface area (Å²) < 4.78 is 5.66. The molecule has 20 heavy (non-hydrogen) atoms. The molecule has 0 spiro atoms. The van der Waals surface area contributed by atoms with Crippen molar-refractivity contribution in [1.29, 1.82) is 0 Å². The summed E-state index contributed by atoms with van der Waals surface area (Å²) in [6.07, 6.45) is 1.85. The van der Waals surface area contributed by atoms with Crippen LogP contribution < -0.4 is 10.1 Å². The Morgan fingerprint density at radius 2 is 2.00 bits per heavy atom. The van der Waals surface area contributed by atoms with Crippen molar-refractivity contribution in [2.75, 3.05) is 32.6 Å². The van der Waals surface area contributed by atoms with Crippen molar-refractivity contribution in [2.24, 2.45) is 0 Å². The Kier molecular flexibility index (Phi) is 5.01. The molecule has 2 rings (SSSR count). The lowest BCUT2D eigenvalue weighted by molar-refractivity contribution is 0.261. The molecule has 0 saturated heterocycles. The van der Waals surface area contributed by atoms with Crippen molar-refractivity contribution in [1.82, 2.24) is 15.1 Å². The van der Waals surface area contributed by atoms with Gasteiger partial charge in [0.25, 0.3) is 0 Å². The van der Waals surface area contributed by atoms with Crippen molar-refractivity contribution < 1.29 is 4.74 Å². The number of ether oxygens (including phenoxy) is 1. The molecule has 1 aromatic carbocycles. The molecule has 5 nitrogen and oxygen atoms in total. The van der Waals surface area contributed by atoms with Crippen LogP contribution in [0.4, 0.5) is 5.69 Å². The molecule has 5 heteroatoms. The van der Waals surface area contributed by atoms with Gasteiger partial charge in [0, 0.05) is 30.0 Å². The maximum atomic E-state index is 5.66. The number of anilines is 1. The normalized spacial score (nSPS) is 10.8. The van der Waals surface area contributed by atoms with Crippen molar-refractivity contribution in [2.45, 2.75) is 13.5 Å². The number of likely N-dealkylation sites (N-methyl/N-ethyl adjacent to an activating group) is 1. The van der Waals surface area contributed by atoms with Gasteiger partial charge in [0.1, 0.15) is 12.4 Å². The zero-order valence-electron chi connectivity index (χ0n) is 12.3. The number of H-pyrrole nitrogens is 1. The van der Waals surface area contributed by atoms with Gasteiger partial charge in [0.15, 0.2) is 0 Å². The van der Waals surface area contributed by atoms with E-state index in [1.54, 1.807) is 0 Å². The van der Waals surface area contributed by atoms with Gasteiger partial charge in [-0.3, -0.25) is 5.10 Å². The fourth-order valence-electron chi connectivity index (χ4n) is 1.77. The fourth-order valence-corrected chi connectivity index (χ4v) is 1.77. The molecule has 1 heterocycles. The number of nitrogens with zero attached hydrogens (tertiary/aromatic N) is 2. The lowest BCUT2D eigenvalue weighted by atomic mass is 10.2. The Balaban J connectivity index is 1.81. The summed E-state index contributed by atoms with van der Waals surface area (Å²) in [5.74, 6) is 0.900. The van der Waals surface area contributed by atoms with E-state index >= 15 is 0 Å². The number of aromatic nitrogens is 2. The number of nitrogens with one attached hydrogen (secondary N) is 2. The molecule has 0 amide bonds. The first-order valence-electron chi connectivity index (χ1n) is 6.75. The molecule has 0 aliphatic heterocycles. The maximum Gasteiger partial charge on any atom is 0.119 e. The molecule has 0 fully saturated rings. The standard InChI is InChI=1S/C15H22N4O/c1-12-13(11-17-18-12)10-16-14-4-6-15(7-5-14)20-9-8-19(2)3/h4-7,11,16H,8-10H2,1-3H3,(H,17,18). The van der Waals surface area contributed by atoms with Gasteiger partial charge in [0.05, 0.1) is 6.20 Å². The first kappa shape index (κ1) is 14.4. The molecule has 1 aromatic heterocycles. The van der Waals surface area contributed by atoms with Crippen molar-refractivity contribution in [3.05, 3.63) is 41.7 Å². The van der Waals surface area contributed by atoms with E-state index in [1.165, 1.54) is 5.56 Å². The van der Waals surface area contributed by atoms with Gasteiger partial charge < -0.3 is 15.0 Å². The van der Waals surface area contributed by atoms with E-state index in [-0.39, 0.29) is 0 Å². The van der Waals surface area contributed by atoms with E-state index < -0.39 is 0 Å². The molecule has 2 aromatic rings. The van der Waals surface area contributed by atoms with Gasteiger partial charge in [-0.25, -0.2) is 0 Å². The third-order valence-corrected chi connectivity index (χ3v) is 3.08. The molecule has 0 unspecified atom stereocenters. The number of aromatic amines is 1. The highest BCUT2D eigenvalue weighted by Gasteiger charge is 2.00. The molecular weight excluding hydrogens is 252 g/mol.